The van der Waals surface area contributed by atoms with E-state index in [9.17, 15) is 15.0 Å². The molecular formula is C32H46O5. The molecule has 0 heterocycles. The number of hydrogen-bond acceptors (Lipinski definition) is 5. The molecule has 1 saturated carbocycles. The van der Waals surface area contributed by atoms with Gasteiger partial charge in [-0.15, -0.1) is 0 Å². The summed E-state index contributed by atoms with van der Waals surface area (Å²) in [5, 5.41) is 19.9. The van der Waals surface area contributed by atoms with Crippen LogP contribution in [0.1, 0.15) is 108 Å². The van der Waals surface area contributed by atoms with Crippen molar-refractivity contribution < 1.29 is 24.5 Å². The standard InChI is InChI=1S/C32H46O5/c1-5-18-31(3,30(35)36-4)22-27(26-10-14-28(34)15-11-26)21-24(6-2)25-12-16-29(17-13-25)37-32(23-33)19-8-7-9-20-32/h10-17,24,27,33-34H,5-9,18-23H2,1-4H3. The van der Waals surface area contributed by atoms with Gasteiger partial charge in [0.05, 0.1) is 19.1 Å². The van der Waals surface area contributed by atoms with Gasteiger partial charge in [-0.2, -0.15) is 0 Å². The zero-order valence-corrected chi connectivity index (χ0v) is 23.2. The zero-order chi connectivity index (χ0) is 26.9. The summed E-state index contributed by atoms with van der Waals surface area (Å²) < 4.78 is 11.6. The van der Waals surface area contributed by atoms with Crippen LogP contribution in [0.3, 0.4) is 0 Å². The molecule has 5 nitrogen and oxygen atoms in total. The Hall–Kier alpha value is -2.53. The second kappa shape index (κ2) is 13.3. The van der Waals surface area contributed by atoms with Gasteiger partial charge in [0, 0.05) is 0 Å². The van der Waals surface area contributed by atoms with Crippen LogP contribution in [-0.4, -0.2) is 35.5 Å². The molecule has 0 bridgehead atoms. The van der Waals surface area contributed by atoms with Gasteiger partial charge in [0.1, 0.15) is 17.1 Å². The van der Waals surface area contributed by atoms with E-state index in [-0.39, 0.29) is 24.2 Å². The number of esters is 1. The molecule has 0 radical (unpaired) electrons. The minimum Gasteiger partial charge on any atom is -0.508 e. The number of phenolic OH excluding ortho intramolecular Hbond substituents is 1. The van der Waals surface area contributed by atoms with Gasteiger partial charge in [-0.1, -0.05) is 51.0 Å². The monoisotopic (exact) mass is 510 g/mol. The summed E-state index contributed by atoms with van der Waals surface area (Å²) >= 11 is 0. The quantitative estimate of drug-likeness (QED) is 0.273. The Bertz CT molecular complexity index is 962. The third-order valence-electron chi connectivity index (χ3n) is 8.34. The van der Waals surface area contributed by atoms with Crippen LogP contribution in [-0.2, 0) is 9.53 Å². The maximum Gasteiger partial charge on any atom is 0.311 e. The van der Waals surface area contributed by atoms with Gasteiger partial charge in [0.2, 0.25) is 0 Å². The Morgan fingerprint density at radius 2 is 1.57 bits per heavy atom. The summed E-state index contributed by atoms with van der Waals surface area (Å²) in [6.45, 7) is 6.38. The van der Waals surface area contributed by atoms with E-state index < -0.39 is 11.0 Å². The fourth-order valence-corrected chi connectivity index (χ4v) is 6.14. The number of benzene rings is 2. The molecular weight excluding hydrogens is 464 g/mol. The van der Waals surface area contributed by atoms with Crippen LogP contribution in [0.15, 0.2) is 48.5 Å². The fourth-order valence-electron chi connectivity index (χ4n) is 6.14. The minimum absolute atomic E-state index is 0.0529. The summed E-state index contributed by atoms with van der Waals surface area (Å²) in [7, 11) is 1.47. The van der Waals surface area contributed by atoms with Gasteiger partial charge in [-0.05, 0) is 106 Å². The van der Waals surface area contributed by atoms with Crippen LogP contribution in [0.25, 0.3) is 0 Å². The summed E-state index contributed by atoms with van der Waals surface area (Å²) in [5.41, 5.74) is 1.35. The van der Waals surface area contributed by atoms with Gasteiger partial charge >= 0.3 is 5.97 Å². The Labute approximate surface area is 223 Å². The molecule has 2 aromatic rings. The average Bonchev–Trinajstić information content (AvgIpc) is 2.92. The van der Waals surface area contributed by atoms with E-state index in [1.807, 2.05) is 31.2 Å². The predicted molar refractivity (Wildman–Crippen MR) is 148 cm³/mol. The highest BCUT2D eigenvalue weighted by Crippen LogP contribution is 2.43. The Balaban J connectivity index is 1.82. The smallest absolute Gasteiger partial charge is 0.311 e. The van der Waals surface area contributed by atoms with Gasteiger partial charge < -0.3 is 19.7 Å². The van der Waals surface area contributed by atoms with Crippen LogP contribution >= 0.6 is 0 Å². The summed E-state index contributed by atoms with van der Waals surface area (Å²) in [5.74, 6) is 1.34. The lowest BCUT2D eigenvalue weighted by Gasteiger charge is -2.36. The number of carbonyl (C=O) groups excluding carboxylic acids is 1. The van der Waals surface area contributed by atoms with Crippen LogP contribution in [0.4, 0.5) is 0 Å². The zero-order valence-electron chi connectivity index (χ0n) is 23.2. The highest BCUT2D eigenvalue weighted by Gasteiger charge is 2.37. The lowest BCUT2D eigenvalue weighted by molar-refractivity contribution is -0.153. The molecule has 0 aromatic heterocycles. The molecule has 3 unspecified atom stereocenters. The van der Waals surface area contributed by atoms with Crippen molar-refractivity contribution in [2.24, 2.45) is 5.41 Å². The molecule has 37 heavy (non-hydrogen) atoms. The molecule has 0 aliphatic heterocycles. The van der Waals surface area contributed by atoms with Crippen molar-refractivity contribution in [1.29, 1.82) is 0 Å². The molecule has 2 aromatic carbocycles. The maximum atomic E-state index is 12.8. The third kappa shape index (κ3) is 7.50. The van der Waals surface area contributed by atoms with E-state index in [4.69, 9.17) is 9.47 Å². The first-order valence-electron chi connectivity index (χ1n) is 14.0. The first kappa shape index (κ1) is 29.0. The molecule has 3 rings (SSSR count). The van der Waals surface area contributed by atoms with Crippen LogP contribution < -0.4 is 4.74 Å². The topological polar surface area (TPSA) is 76.0 Å². The largest absolute Gasteiger partial charge is 0.508 e. The van der Waals surface area contributed by atoms with Crippen molar-refractivity contribution in [2.75, 3.05) is 13.7 Å². The molecule has 204 valence electrons. The normalized spacial score (nSPS) is 18.4. The molecule has 5 heteroatoms. The molecule has 3 atom stereocenters. The Morgan fingerprint density at radius 1 is 0.973 bits per heavy atom. The van der Waals surface area contributed by atoms with Gasteiger partial charge in [0.25, 0.3) is 0 Å². The second-order valence-electron chi connectivity index (χ2n) is 11.2. The van der Waals surface area contributed by atoms with E-state index in [0.717, 1.165) is 62.7 Å². The Morgan fingerprint density at radius 3 is 2.11 bits per heavy atom. The number of rotatable bonds is 13. The van der Waals surface area contributed by atoms with Crippen molar-refractivity contribution in [3.8, 4) is 11.5 Å². The molecule has 0 amide bonds. The lowest BCUT2D eigenvalue weighted by atomic mass is 9.72. The fraction of sp³-hybridized carbons (Fsp3) is 0.594. The van der Waals surface area contributed by atoms with E-state index in [1.165, 1.54) is 19.1 Å². The number of phenols is 1. The van der Waals surface area contributed by atoms with Crippen molar-refractivity contribution >= 4 is 5.97 Å². The number of aliphatic hydroxyl groups is 1. The first-order chi connectivity index (χ1) is 17.8. The van der Waals surface area contributed by atoms with Crippen molar-refractivity contribution in [3.05, 3.63) is 59.7 Å². The summed E-state index contributed by atoms with van der Waals surface area (Å²) in [6, 6.07) is 15.8. The number of hydrogen-bond donors (Lipinski definition) is 2. The van der Waals surface area contributed by atoms with Crippen molar-refractivity contribution in [3.63, 3.8) is 0 Å². The van der Waals surface area contributed by atoms with Crippen LogP contribution in [0.2, 0.25) is 0 Å². The Kier molecular flexibility index (Phi) is 10.5. The molecule has 1 aliphatic rings. The van der Waals surface area contributed by atoms with Crippen LogP contribution in [0, 0.1) is 5.41 Å². The van der Waals surface area contributed by atoms with E-state index >= 15 is 0 Å². The maximum absolute atomic E-state index is 12.8. The van der Waals surface area contributed by atoms with E-state index in [2.05, 4.69) is 26.0 Å². The number of carbonyl (C=O) groups is 1. The highest BCUT2D eigenvalue weighted by atomic mass is 16.5. The minimum atomic E-state index is -0.569. The average molecular weight is 511 g/mol. The molecule has 2 N–H and O–H groups in total. The van der Waals surface area contributed by atoms with Gasteiger partial charge in [-0.3, -0.25) is 4.79 Å². The lowest BCUT2D eigenvalue weighted by Crippen LogP contribution is -2.41. The number of methoxy groups -OCH3 is 1. The van der Waals surface area contributed by atoms with Crippen molar-refractivity contribution in [2.45, 2.75) is 102 Å². The molecule has 1 fully saturated rings. The summed E-state index contributed by atoms with van der Waals surface area (Å²) in [6.07, 6.45) is 9.41. The summed E-state index contributed by atoms with van der Waals surface area (Å²) in [4.78, 5) is 12.8. The highest BCUT2D eigenvalue weighted by molar-refractivity contribution is 5.76. The van der Waals surface area contributed by atoms with Gasteiger partial charge in [-0.25, -0.2) is 0 Å². The third-order valence-corrected chi connectivity index (χ3v) is 8.34. The van der Waals surface area contributed by atoms with Crippen LogP contribution in [0.5, 0.6) is 11.5 Å². The van der Waals surface area contributed by atoms with Crippen molar-refractivity contribution in [1.82, 2.24) is 0 Å². The molecule has 0 saturated heterocycles. The number of ether oxygens (including phenoxy) is 2. The SMILES string of the molecule is CCCC(C)(CC(CC(CC)c1ccc(OC2(CO)CCCCC2)cc1)c1ccc(O)cc1)C(=O)OC. The molecule has 1 aliphatic carbocycles. The number of aromatic hydroxyl groups is 1. The van der Waals surface area contributed by atoms with E-state index in [1.54, 1.807) is 12.1 Å². The molecule has 0 spiro atoms. The number of aliphatic hydroxyl groups excluding tert-OH is 1. The first-order valence-corrected chi connectivity index (χ1v) is 14.0. The van der Waals surface area contributed by atoms with E-state index in [0.29, 0.717) is 12.3 Å². The second-order valence-corrected chi connectivity index (χ2v) is 11.2. The van der Waals surface area contributed by atoms with Gasteiger partial charge in [0.15, 0.2) is 0 Å². The predicted octanol–water partition coefficient (Wildman–Crippen LogP) is 7.50.